The van der Waals surface area contributed by atoms with Crippen LogP contribution >= 0.6 is 12.4 Å². The normalized spacial score (nSPS) is 23.1. The van der Waals surface area contributed by atoms with Crippen molar-refractivity contribution < 1.29 is 9.53 Å². The van der Waals surface area contributed by atoms with Crippen molar-refractivity contribution >= 4 is 18.3 Å². The fourth-order valence-corrected chi connectivity index (χ4v) is 3.13. The van der Waals surface area contributed by atoms with Gasteiger partial charge in [0.1, 0.15) is 0 Å². The van der Waals surface area contributed by atoms with Crippen molar-refractivity contribution in [1.29, 1.82) is 0 Å². The first kappa shape index (κ1) is 20.7. The number of nitrogens with zero attached hydrogens (tertiary/aromatic N) is 1. The van der Waals surface area contributed by atoms with E-state index in [1.807, 2.05) is 14.0 Å². The maximum atomic E-state index is 12.5. The number of ether oxygens (including phenoxy) is 1. The largest absolute Gasteiger partial charge is 0.378 e. The monoisotopic (exact) mass is 320 g/mol. The van der Waals surface area contributed by atoms with Gasteiger partial charge in [-0.25, -0.2) is 0 Å². The minimum atomic E-state index is 0. The minimum absolute atomic E-state index is 0. The zero-order valence-corrected chi connectivity index (χ0v) is 15.1. The van der Waals surface area contributed by atoms with Gasteiger partial charge >= 0.3 is 0 Å². The van der Waals surface area contributed by atoms with Crippen LogP contribution in [0.15, 0.2) is 0 Å². The molecule has 2 unspecified atom stereocenters. The van der Waals surface area contributed by atoms with Crippen molar-refractivity contribution in [2.24, 2.45) is 5.41 Å². The lowest BCUT2D eigenvalue weighted by Gasteiger charge is -2.55. The number of carbonyl (C=O) groups is 1. The highest BCUT2D eigenvalue weighted by Gasteiger charge is 2.52. The van der Waals surface area contributed by atoms with Gasteiger partial charge in [-0.15, -0.1) is 12.4 Å². The molecule has 2 atom stereocenters. The third-order valence-corrected chi connectivity index (χ3v) is 4.47. The number of carbonyl (C=O) groups excluding carboxylic acids is 1. The molecule has 1 aliphatic carbocycles. The van der Waals surface area contributed by atoms with E-state index < -0.39 is 0 Å². The second kappa shape index (κ2) is 9.65. The molecule has 0 heterocycles. The summed E-state index contributed by atoms with van der Waals surface area (Å²) in [4.78, 5) is 14.6. The molecule has 0 saturated heterocycles. The Balaban J connectivity index is 0.00000400. The summed E-state index contributed by atoms with van der Waals surface area (Å²) in [5.74, 6) is 0.301. The summed E-state index contributed by atoms with van der Waals surface area (Å²) in [6, 6.07) is 0.334. The molecule has 0 aromatic rings. The summed E-state index contributed by atoms with van der Waals surface area (Å²) in [6.07, 6.45) is 3.86. The number of amides is 1. The molecule has 1 saturated carbocycles. The van der Waals surface area contributed by atoms with Gasteiger partial charge < -0.3 is 15.0 Å². The summed E-state index contributed by atoms with van der Waals surface area (Å²) < 4.78 is 5.78. The van der Waals surface area contributed by atoms with Crippen LogP contribution < -0.4 is 5.32 Å². The first-order chi connectivity index (χ1) is 9.48. The van der Waals surface area contributed by atoms with Gasteiger partial charge in [0.15, 0.2) is 0 Å². The summed E-state index contributed by atoms with van der Waals surface area (Å²) in [7, 11) is 1.93. The van der Waals surface area contributed by atoms with E-state index in [1.165, 1.54) is 0 Å². The van der Waals surface area contributed by atoms with Gasteiger partial charge in [0.2, 0.25) is 5.91 Å². The Bertz CT molecular complexity index is 311. The van der Waals surface area contributed by atoms with E-state index in [4.69, 9.17) is 4.74 Å². The smallest absolute Gasteiger partial charge is 0.222 e. The van der Waals surface area contributed by atoms with Gasteiger partial charge in [0.05, 0.1) is 6.10 Å². The van der Waals surface area contributed by atoms with Gasteiger partial charge in [-0.1, -0.05) is 20.8 Å². The van der Waals surface area contributed by atoms with E-state index in [2.05, 4.69) is 31.0 Å². The Morgan fingerprint density at radius 3 is 2.52 bits per heavy atom. The maximum absolute atomic E-state index is 12.5. The van der Waals surface area contributed by atoms with Crippen LogP contribution in [-0.2, 0) is 9.53 Å². The molecule has 4 nitrogen and oxygen atoms in total. The number of nitrogens with one attached hydrogen (secondary N) is 1. The maximum Gasteiger partial charge on any atom is 0.222 e. The summed E-state index contributed by atoms with van der Waals surface area (Å²) in [5, 5.41) is 3.10. The predicted molar refractivity (Wildman–Crippen MR) is 90.0 cm³/mol. The molecular weight excluding hydrogens is 288 g/mol. The first-order valence-electron chi connectivity index (χ1n) is 8.04. The Kier molecular flexibility index (Phi) is 9.50. The average Bonchev–Trinajstić information content (AvgIpc) is 2.41. The van der Waals surface area contributed by atoms with Gasteiger partial charge in [-0.05, 0) is 39.8 Å². The van der Waals surface area contributed by atoms with Crippen molar-refractivity contribution in [3.05, 3.63) is 0 Å². The Labute approximate surface area is 136 Å². The average molecular weight is 321 g/mol. The molecule has 0 aromatic heterocycles. The molecule has 0 radical (unpaired) electrons. The highest BCUT2D eigenvalue weighted by molar-refractivity contribution is 5.85. The molecule has 21 heavy (non-hydrogen) atoms. The fraction of sp³-hybridized carbons (Fsp3) is 0.938. The highest BCUT2D eigenvalue weighted by Crippen LogP contribution is 2.46. The number of hydrogen-bond acceptors (Lipinski definition) is 3. The van der Waals surface area contributed by atoms with Gasteiger partial charge in [0, 0.05) is 31.0 Å². The van der Waals surface area contributed by atoms with Crippen molar-refractivity contribution in [3.8, 4) is 0 Å². The van der Waals surface area contributed by atoms with Crippen LogP contribution in [0.2, 0.25) is 0 Å². The molecular formula is C16H33ClN2O2. The van der Waals surface area contributed by atoms with E-state index in [-0.39, 0.29) is 17.8 Å². The molecule has 1 aliphatic rings. The van der Waals surface area contributed by atoms with Crippen LogP contribution in [0.5, 0.6) is 0 Å². The summed E-state index contributed by atoms with van der Waals surface area (Å²) in [5.41, 5.74) is 0.0733. The van der Waals surface area contributed by atoms with Crippen LogP contribution in [0.1, 0.15) is 53.4 Å². The standard InChI is InChI=1S/C16H32N2O2.ClH/c1-6-11-18(15(19)9-8-10-17-5)13-12-14(20-7-2)16(13,3)4;/h13-14,17H,6-12H2,1-5H3;1H. The number of hydrogen-bond donors (Lipinski definition) is 1. The van der Waals surface area contributed by atoms with Crippen LogP contribution in [0.4, 0.5) is 0 Å². The van der Waals surface area contributed by atoms with Crippen LogP contribution in [0.3, 0.4) is 0 Å². The second-order valence-corrected chi connectivity index (χ2v) is 6.31. The third kappa shape index (κ3) is 5.11. The third-order valence-electron chi connectivity index (χ3n) is 4.47. The number of rotatable bonds is 9. The molecule has 0 spiro atoms. The zero-order chi connectivity index (χ0) is 15.2. The minimum Gasteiger partial charge on any atom is -0.378 e. The van der Waals surface area contributed by atoms with E-state index in [0.29, 0.717) is 24.5 Å². The van der Waals surface area contributed by atoms with Gasteiger partial charge in [-0.3, -0.25) is 4.79 Å². The van der Waals surface area contributed by atoms with Crippen molar-refractivity contribution in [2.75, 3.05) is 26.7 Å². The van der Waals surface area contributed by atoms with Gasteiger partial charge in [-0.2, -0.15) is 0 Å². The molecule has 0 bridgehead atoms. The SMILES string of the molecule is CCCN(C(=O)CCCNC)C1CC(OCC)C1(C)C.Cl. The quantitative estimate of drug-likeness (QED) is 0.664. The molecule has 1 amide bonds. The lowest BCUT2D eigenvalue weighted by atomic mass is 9.63. The molecule has 1 fully saturated rings. The lowest BCUT2D eigenvalue weighted by molar-refractivity contribution is -0.167. The number of halogens is 1. The van der Waals surface area contributed by atoms with Crippen molar-refractivity contribution in [1.82, 2.24) is 10.2 Å². The van der Waals surface area contributed by atoms with E-state index in [1.54, 1.807) is 0 Å². The van der Waals surface area contributed by atoms with E-state index in [9.17, 15) is 4.79 Å². The Morgan fingerprint density at radius 1 is 1.38 bits per heavy atom. The summed E-state index contributed by atoms with van der Waals surface area (Å²) >= 11 is 0. The van der Waals surface area contributed by atoms with Crippen LogP contribution in [-0.4, -0.2) is 49.7 Å². The van der Waals surface area contributed by atoms with E-state index >= 15 is 0 Å². The Hall–Kier alpha value is -0.320. The van der Waals surface area contributed by atoms with E-state index in [0.717, 1.165) is 39.0 Å². The highest BCUT2D eigenvalue weighted by atomic mass is 35.5. The predicted octanol–water partition coefficient (Wildman–Crippen LogP) is 2.85. The topological polar surface area (TPSA) is 41.6 Å². The van der Waals surface area contributed by atoms with Crippen LogP contribution in [0, 0.1) is 5.41 Å². The summed E-state index contributed by atoms with van der Waals surface area (Å²) in [6.45, 7) is 11.2. The Morgan fingerprint density at radius 2 is 2.05 bits per heavy atom. The van der Waals surface area contributed by atoms with Gasteiger partial charge in [0.25, 0.3) is 0 Å². The second-order valence-electron chi connectivity index (χ2n) is 6.31. The van der Waals surface area contributed by atoms with Crippen molar-refractivity contribution in [2.45, 2.75) is 65.5 Å². The molecule has 1 N–H and O–H groups in total. The first-order valence-corrected chi connectivity index (χ1v) is 8.04. The molecule has 1 rings (SSSR count). The molecule has 5 heteroatoms. The molecule has 0 aliphatic heterocycles. The fourth-order valence-electron chi connectivity index (χ4n) is 3.13. The zero-order valence-electron chi connectivity index (χ0n) is 14.3. The molecule has 0 aromatic carbocycles. The van der Waals surface area contributed by atoms with Crippen LogP contribution in [0.25, 0.3) is 0 Å². The van der Waals surface area contributed by atoms with Crippen molar-refractivity contribution in [3.63, 3.8) is 0 Å². The lowest BCUT2D eigenvalue weighted by Crippen LogP contribution is -2.63. The molecule has 126 valence electrons.